The highest BCUT2D eigenvalue weighted by atomic mass is 16.5. The van der Waals surface area contributed by atoms with Gasteiger partial charge >= 0.3 is 5.97 Å². The number of carbonyl (C=O) groups excluding carboxylic acids is 1. The number of methoxy groups -OCH3 is 1. The van der Waals surface area contributed by atoms with Crippen molar-refractivity contribution in [2.45, 2.75) is 18.4 Å². The first-order chi connectivity index (χ1) is 9.03. The van der Waals surface area contributed by atoms with Crippen molar-refractivity contribution in [2.24, 2.45) is 7.05 Å². The Hall–Kier alpha value is -1.96. The van der Waals surface area contributed by atoms with E-state index in [0.29, 0.717) is 19.4 Å². The maximum absolute atomic E-state index is 12.4. The minimum atomic E-state index is -1.30. The van der Waals surface area contributed by atoms with Crippen LogP contribution in [0.25, 0.3) is 0 Å². The summed E-state index contributed by atoms with van der Waals surface area (Å²) in [7, 11) is 3.02. The number of carboxylic acids is 1. The molecule has 104 valence electrons. The van der Waals surface area contributed by atoms with Gasteiger partial charge in [-0.15, -0.1) is 5.10 Å². The van der Waals surface area contributed by atoms with Crippen LogP contribution in [0.3, 0.4) is 0 Å². The van der Waals surface area contributed by atoms with Crippen LogP contribution in [0.5, 0.6) is 0 Å². The van der Waals surface area contributed by atoms with E-state index in [-0.39, 0.29) is 18.2 Å². The van der Waals surface area contributed by atoms with E-state index >= 15 is 0 Å². The van der Waals surface area contributed by atoms with Crippen LogP contribution in [0.2, 0.25) is 0 Å². The first-order valence-corrected chi connectivity index (χ1v) is 5.92. The predicted octanol–water partition coefficient (Wildman–Crippen LogP) is -0.479. The lowest BCUT2D eigenvalue weighted by Gasteiger charge is -2.33. The molecule has 1 aliphatic rings. The third kappa shape index (κ3) is 2.07. The number of aryl methyl sites for hydroxylation is 1. The molecule has 0 bridgehead atoms. The molecule has 1 amide bonds. The van der Waals surface area contributed by atoms with Crippen LogP contribution in [-0.4, -0.2) is 62.7 Å². The molecule has 0 radical (unpaired) electrons. The zero-order chi connectivity index (χ0) is 14.0. The minimum absolute atomic E-state index is 0.0284. The Morgan fingerprint density at radius 3 is 2.84 bits per heavy atom. The minimum Gasteiger partial charge on any atom is -0.479 e. The molecular weight excluding hydrogens is 252 g/mol. The number of rotatable bonds is 4. The summed E-state index contributed by atoms with van der Waals surface area (Å²) in [5.41, 5.74) is -1.03. The van der Waals surface area contributed by atoms with E-state index in [0.717, 1.165) is 0 Å². The van der Waals surface area contributed by atoms with E-state index in [2.05, 4.69) is 10.3 Å². The van der Waals surface area contributed by atoms with Gasteiger partial charge in [0.05, 0.1) is 12.8 Å². The number of amides is 1. The lowest BCUT2D eigenvalue weighted by Crippen LogP contribution is -2.56. The molecular formula is C11H16N4O4. The SMILES string of the molecule is COCC1(C(=O)O)CCCN1C(=O)c1cnnn1C. The van der Waals surface area contributed by atoms with Crippen molar-refractivity contribution in [3.63, 3.8) is 0 Å². The molecule has 1 fully saturated rings. The molecule has 2 rings (SSSR count). The van der Waals surface area contributed by atoms with Gasteiger partial charge in [0.15, 0.2) is 5.54 Å². The van der Waals surface area contributed by atoms with Gasteiger partial charge in [0.2, 0.25) is 0 Å². The fourth-order valence-corrected chi connectivity index (χ4v) is 2.47. The lowest BCUT2D eigenvalue weighted by molar-refractivity contribution is -0.151. The maximum Gasteiger partial charge on any atom is 0.332 e. The average molecular weight is 268 g/mol. The molecule has 1 aliphatic heterocycles. The van der Waals surface area contributed by atoms with Crippen LogP contribution in [0, 0.1) is 0 Å². The van der Waals surface area contributed by atoms with E-state index in [1.165, 1.54) is 22.9 Å². The van der Waals surface area contributed by atoms with Crippen molar-refractivity contribution >= 4 is 11.9 Å². The number of aromatic nitrogens is 3. The standard InChI is InChI=1S/C11H16N4O4/c1-14-8(6-12-13-14)9(16)15-5-3-4-11(15,7-19-2)10(17)18/h6H,3-5,7H2,1-2H3,(H,17,18). The van der Waals surface area contributed by atoms with Crippen molar-refractivity contribution in [1.82, 2.24) is 19.9 Å². The second-order valence-corrected chi connectivity index (χ2v) is 4.57. The molecule has 1 saturated heterocycles. The second-order valence-electron chi connectivity index (χ2n) is 4.57. The fraction of sp³-hybridized carbons (Fsp3) is 0.636. The van der Waals surface area contributed by atoms with Gasteiger partial charge in [-0.3, -0.25) is 4.79 Å². The summed E-state index contributed by atoms with van der Waals surface area (Å²) >= 11 is 0. The van der Waals surface area contributed by atoms with Crippen LogP contribution >= 0.6 is 0 Å². The molecule has 0 spiro atoms. The number of ether oxygens (including phenoxy) is 1. The van der Waals surface area contributed by atoms with Gasteiger partial charge in [-0.2, -0.15) is 0 Å². The quantitative estimate of drug-likeness (QED) is 0.792. The number of likely N-dealkylation sites (tertiary alicyclic amines) is 1. The van der Waals surface area contributed by atoms with Gasteiger partial charge < -0.3 is 14.7 Å². The van der Waals surface area contributed by atoms with Gasteiger partial charge in [-0.05, 0) is 12.8 Å². The summed E-state index contributed by atoms with van der Waals surface area (Å²) in [4.78, 5) is 25.3. The highest BCUT2D eigenvalue weighted by Gasteiger charge is 2.50. The molecule has 0 saturated carbocycles. The Bertz CT molecular complexity index is 501. The van der Waals surface area contributed by atoms with Crippen LogP contribution in [0.1, 0.15) is 23.3 Å². The summed E-state index contributed by atoms with van der Waals surface area (Å²) in [6.45, 7) is 0.360. The van der Waals surface area contributed by atoms with Crippen molar-refractivity contribution in [3.05, 3.63) is 11.9 Å². The summed E-state index contributed by atoms with van der Waals surface area (Å²) in [6, 6.07) is 0. The van der Waals surface area contributed by atoms with Crippen molar-refractivity contribution in [3.8, 4) is 0 Å². The van der Waals surface area contributed by atoms with Gasteiger partial charge in [0.1, 0.15) is 5.69 Å². The summed E-state index contributed by atoms with van der Waals surface area (Å²) in [5.74, 6) is -1.43. The van der Waals surface area contributed by atoms with E-state index in [1.807, 2.05) is 0 Å². The van der Waals surface area contributed by atoms with Crippen LogP contribution in [0.4, 0.5) is 0 Å². The van der Waals surface area contributed by atoms with Crippen LogP contribution < -0.4 is 0 Å². The van der Waals surface area contributed by atoms with Crippen molar-refractivity contribution in [2.75, 3.05) is 20.3 Å². The molecule has 8 nitrogen and oxygen atoms in total. The first kappa shape index (κ1) is 13.5. The Balaban J connectivity index is 2.35. The van der Waals surface area contributed by atoms with Crippen molar-refractivity contribution in [1.29, 1.82) is 0 Å². The number of carboxylic acid groups (broad SMARTS) is 1. The largest absolute Gasteiger partial charge is 0.479 e. The molecule has 1 aromatic heterocycles. The molecule has 2 heterocycles. The van der Waals surface area contributed by atoms with Gasteiger partial charge in [0.25, 0.3) is 5.91 Å². The smallest absolute Gasteiger partial charge is 0.332 e. The molecule has 19 heavy (non-hydrogen) atoms. The van der Waals surface area contributed by atoms with Crippen molar-refractivity contribution < 1.29 is 19.4 Å². The zero-order valence-corrected chi connectivity index (χ0v) is 10.9. The van der Waals surface area contributed by atoms with Crippen LogP contribution in [0.15, 0.2) is 6.20 Å². The zero-order valence-electron chi connectivity index (χ0n) is 10.9. The number of carbonyl (C=O) groups is 2. The topological polar surface area (TPSA) is 97.6 Å². The Morgan fingerprint density at radius 2 is 2.32 bits per heavy atom. The summed E-state index contributed by atoms with van der Waals surface area (Å²) in [6.07, 6.45) is 2.35. The highest BCUT2D eigenvalue weighted by molar-refractivity contribution is 5.97. The molecule has 0 aromatic carbocycles. The Morgan fingerprint density at radius 1 is 1.58 bits per heavy atom. The summed E-state index contributed by atoms with van der Waals surface area (Å²) < 4.78 is 6.34. The molecule has 1 aromatic rings. The molecule has 8 heteroatoms. The van der Waals surface area contributed by atoms with E-state index in [4.69, 9.17) is 4.74 Å². The van der Waals surface area contributed by atoms with Gasteiger partial charge in [-0.25, -0.2) is 9.48 Å². The van der Waals surface area contributed by atoms with Gasteiger partial charge in [-0.1, -0.05) is 5.21 Å². The highest BCUT2D eigenvalue weighted by Crippen LogP contribution is 2.31. The third-order valence-corrected chi connectivity index (χ3v) is 3.45. The lowest BCUT2D eigenvalue weighted by atomic mass is 9.97. The van der Waals surface area contributed by atoms with E-state index in [1.54, 1.807) is 7.05 Å². The Kier molecular flexibility index (Phi) is 3.52. The molecule has 1 atom stereocenters. The summed E-state index contributed by atoms with van der Waals surface area (Å²) in [5, 5.41) is 16.8. The monoisotopic (exact) mass is 268 g/mol. The number of aliphatic carboxylic acids is 1. The first-order valence-electron chi connectivity index (χ1n) is 5.92. The predicted molar refractivity (Wildman–Crippen MR) is 63.5 cm³/mol. The molecule has 1 N–H and O–H groups in total. The number of hydrogen-bond acceptors (Lipinski definition) is 5. The second kappa shape index (κ2) is 4.96. The third-order valence-electron chi connectivity index (χ3n) is 3.45. The van der Waals surface area contributed by atoms with E-state index < -0.39 is 11.5 Å². The van der Waals surface area contributed by atoms with Gasteiger partial charge in [0, 0.05) is 20.7 Å². The number of nitrogens with zero attached hydrogens (tertiary/aromatic N) is 4. The maximum atomic E-state index is 12.4. The molecule has 1 unspecified atom stereocenters. The normalized spacial score (nSPS) is 22.7. The van der Waals surface area contributed by atoms with E-state index in [9.17, 15) is 14.7 Å². The fourth-order valence-electron chi connectivity index (χ4n) is 2.47. The van der Waals surface area contributed by atoms with Crippen LogP contribution in [-0.2, 0) is 16.6 Å². The number of hydrogen-bond donors (Lipinski definition) is 1. The Labute approximate surface area is 109 Å². The average Bonchev–Trinajstić information content (AvgIpc) is 2.96. The molecule has 0 aliphatic carbocycles.